The minimum Gasteiger partial charge on any atom is -0.371 e. The van der Waals surface area contributed by atoms with Crippen LogP contribution in [0.5, 0.6) is 0 Å². The second-order valence-electron chi connectivity index (χ2n) is 9.17. The van der Waals surface area contributed by atoms with Crippen LogP contribution >= 0.6 is 11.6 Å². The highest BCUT2D eigenvalue weighted by atomic mass is 35.5. The van der Waals surface area contributed by atoms with Gasteiger partial charge in [-0.2, -0.15) is 0 Å². The Bertz CT molecular complexity index is 929. The predicted molar refractivity (Wildman–Crippen MR) is 130 cm³/mol. The van der Waals surface area contributed by atoms with Crippen LogP contribution in [0.1, 0.15) is 31.2 Å². The maximum Gasteiger partial charge on any atom is 0.127 e. The smallest absolute Gasteiger partial charge is 0.127 e. The van der Waals surface area contributed by atoms with Gasteiger partial charge in [0.05, 0.1) is 23.5 Å². The van der Waals surface area contributed by atoms with Crippen molar-refractivity contribution in [2.24, 2.45) is 10.9 Å². The summed E-state index contributed by atoms with van der Waals surface area (Å²) in [4.78, 5) is 7.71. The van der Waals surface area contributed by atoms with Gasteiger partial charge in [0.2, 0.25) is 0 Å². The van der Waals surface area contributed by atoms with Crippen LogP contribution in [-0.4, -0.2) is 49.0 Å². The standard InChI is InChI=1S/C25H32ClN5/c26-21-5-3-4-20(16-21)17-28-24-25(30-23-7-2-1-6-22(23)29-24)10-8-19(9-11-25)18-31-14-12-27-13-15-31/h1-7,16,19,27,30H,8-15,17-18H2,(H,28,29). The van der Waals surface area contributed by atoms with Crippen molar-refractivity contribution >= 4 is 28.8 Å². The summed E-state index contributed by atoms with van der Waals surface area (Å²) in [6.07, 6.45) is 4.69. The number of nitrogens with one attached hydrogen (secondary N) is 3. The summed E-state index contributed by atoms with van der Waals surface area (Å²) in [6.45, 7) is 6.48. The van der Waals surface area contributed by atoms with Crippen LogP contribution in [-0.2, 0) is 6.54 Å². The Kier molecular flexibility index (Phi) is 6.17. The van der Waals surface area contributed by atoms with Crippen LogP contribution < -0.4 is 16.0 Å². The molecule has 1 spiro atoms. The van der Waals surface area contributed by atoms with Crippen molar-refractivity contribution in [1.82, 2.24) is 10.2 Å². The van der Waals surface area contributed by atoms with E-state index < -0.39 is 0 Å². The molecule has 0 bridgehead atoms. The number of rotatable bonds is 4. The molecule has 0 radical (unpaired) electrons. The molecule has 2 heterocycles. The number of piperazine rings is 1. The van der Waals surface area contributed by atoms with Crippen molar-refractivity contribution in [2.75, 3.05) is 43.4 Å². The number of anilines is 2. The molecule has 3 N–H and O–H groups in total. The highest BCUT2D eigenvalue weighted by Gasteiger charge is 2.43. The van der Waals surface area contributed by atoms with Crippen LogP contribution in [0.4, 0.5) is 11.4 Å². The zero-order chi connectivity index (χ0) is 21.1. The Labute approximate surface area is 190 Å². The van der Waals surface area contributed by atoms with Gasteiger partial charge in [-0.25, -0.2) is 0 Å². The molecule has 2 aliphatic heterocycles. The molecule has 6 heteroatoms. The maximum atomic E-state index is 6.19. The minimum atomic E-state index is -0.104. The fraction of sp³-hybridized carbons (Fsp3) is 0.480. The number of aliphatic imine (C=N–C) groups is 1. The molecule has 5 nitrogen and oxygen atoms in total. The summed E-state index contributed by atoms with van der Waals surface area (Å²) in [5, 5.41) is 11.8. The molecule has 0 aromatic heterocycles. The van der Waals surface area contributed by atoms with Crippen LogP contribution in [0, 0.1) is 5.92 Å². The van der Waals surface area contributed by atoms with E-state index in [9.17, 15) is 0 Å². The number of hydrogen-bond donors (Lipinski definition) is 3. The lowest BCUT2D eigenvalue weighted by Gasteiger charge is -2.46. The quantitative estimate of drug-likeness (QED) is 0.653. The summed E-state index contributed by atoms with van der Waals surface area (Å²) in [6, 6.07) is 16.5. The van der Waals surface area contributed by atoms with Crippen molar-refractivity contribution in [3.05, 3.63) is 59.1 Å². The lowest BCUT2D eigenvalue weighted by atomic mass is 9.74. The van der Waals surface area contributed by atoms with Crippen molar-refractivity contribution in [3.8, 4) is 0 Å². The third-order valence-electron chi connectivity index (χ3n) is 7.00. The molecule has 1 saturated carbocycles. The van der Waals surface area contributed by atoms with E-state index in [-0.39, 0.29) is 5.54 Å². The van der Waals surface area contributed by atoms with Gasteiger partial charge in [0.15, 0.2) is 0 Å². The van der Waals surface area contributed by atoms with Crippen LogP contribution in [0.25, 0.3) is 0 Å². The fourth-order valence-electron chi connectivity index (χ4n) is 5.24. The summed E-state index contributed by atoms with van der Waals surface area (Å²) in [5.41, 5.74) is 3.33. The van der Waals surface area contributed by atoms with Crippen molar-refractivity contribution in [1.29, 1.82) is 0 Å². The lowest BCUT2D eigenvalue weighted by Crippen LogP contribution is -2.55. The normalized spacial score (nSPS) is 27.5. The molecule has 2 aromatic carbocycles. The Morgan fingerprint density at radius 1 is 1.00 bits per heavy atom. The molecular formula is C25H32ClN5. The van der Waals surface area contributed by atoms with Gasteiger partial charge in [-0.1, -0.05) is 35.9 Å². The number of nitrogens with zero attached hydrogens (tertiary/aromatic N) is 2. The molecular weight excluding hydrogens is 406 g/mol. The minimum absolute atomic E-state index is 0.104. The zero-order valence-electron chi connectivity index (χ0n) is 18.0. The van der Waals surface area contributed by atoms with Gasteiger partial charge in [-0.05, 0) is 61.4 Å². The monoisotopic (exact) mass is 437 g/mol. The molecule has 2 aromatic rings. The Balaban J connectivity index is 1.33. The van der Waals surface area contributed by atoms with Crippen LogP contribution in [0.15, 0.2) is 53.5 Å². The average Bonchev–Trinajstić information content (AvgIpc) is 2.80. The van der Waals surface area contributed by atoms with Gasteiger partial charge in [-0.3, -0.25) is 4.99 Å². The second-order valence-corrected chi connectivity index (χ2v) is 9.60. The topological polar surface area (TPSA) is 51.7 Å². The molecule has 0 unspecified atom stereocenters. The summed E-state index contributed by atoms with van der Waals surface area (Å²) in [7, 11) is 0. The van der Waals surface area contributed by atoms with E-state index in [2.05, 4.69) is 51.2 Å². The summed E-state index contributed by atoms with van der Waals surface area (Å²) >= 11 is 6.19. The molecule has 0 atom stereocenters. The van der Waals surface area contributed by atoms with E-state index in [1.165, 1.54) is 38.2 Å². The number of halogens is 1. The molecule has 5 rings (SSSR count). The lowest BCUT2D eigenvalue weighted by molar-refractivity contribution is 0.173. The molecule has 164 valence electrons. The molecule has 2 fully saturated rings. The van der Waals surface area contributed by atoms with E-state index in [1.54, 1.807) is 0 Å². The van der Waals surface area contributed by atoms with Crippen LogP contribution in [0.2, 0.25) is 5.02 Å². The third kappa shape index (κ3) is 4.74. The first kappa shape index (κ1) is 20.8. The number of fused-ring (bicyclic) bond motifs is 1. The van der Waals surface area contributed by atoms with Gasteiger partial charge in [0, 0.05) is 37.7 Å². The number of amidine groups is 1. The first-order chi connectivity index (χ1) is 15.2. The van der Waals surface area contributed by atoms with E-state index in [4.69, 9.17) is 16.6 Å². The fourth-order valence-corrected chi connectivity index (χ4v) is 5.45. The SMILES string of the molecule is Clc1cccc(CN=C2Nc3ccccc3NC23CCC(CN2CCNCC2)CC3)c1. The highest BCUT2D eigenvalue weighted by Crippen LogP contribution is 2.41. The number of para-hydroxylation sites is 2. The predicted octanol–water partition coefficient (Wildman–Crippen LogP) is 4.61. The van der Waals surface area contributed by atoms with Crippen molar-refractivity contribution < 1.29 is 0 Å². The second kappa shape index (κ2) is 9.19. The number of benzene rings is 2. The Hall–Kier alpha value is -2.08. The first-order valence-corrected chi connectivity index (χ1v) is 11.9. The van der Waals surface area contributed by atoms with Gasteiger partial charge < -0.3 is 20.9 Å². The molecule has 3 aliphatic rings. The molecule has 31 heavy (non-hydrogen) atoms. The summed E-state index contributed by atoms with van der Waals surface area (Å²) < 4.78 is 0. The van der Waals surface area contributed by atoms with E-state index in [1.807, 2.05) is 18.2 Å². The Morgan fingerprint density at radius 3 is 2.55 bits per heavy atom. The third-order valence-corrected chi connectivity index (χ3v) is 7.24. The summed E-state index contributed by atoms with van der Waals surface area (Å²) in [5.74, 6) is 1.85. The van der Waals surface area contributed by atoms with Gasteiger partial charge in [0.1, 0.15) is 5.84 Å². The average molecular weight is 438 g/mol. The van der Waals surface area contributed by atoms with Crippen molar-refractivity contribution in [3.63, 3.8) is 0 Å². The molecule has 0 amide bonds. The van der Waals surface area contributed by atoms with E-state index in [0.717, 1.165) is 54.0 Å². The van der Waals surface area contributed by atoms with Gasteiger partial charge >= 0.3 is 0 Å². The van der Waals surface area contributed by atoms with Gasteiger partial charge in [-0.15, -0.1) is 0 Å². The maximum absolute atomic E-state index is 6.19. The van der Waals surface area contributed by atoms with E-state index in [0.29, 0.717) is 6.54 Å². The van der Waals surface area contributed by atoms with Gasteiger partial charge in [0.25, 0.3) is 0 Å². The van der Waals surface area contributed by atoms with E-state index >= 15 is 0 Å². The largest absolute Gasteiger partial charge is 0.371 e. The molecule has 1 saturated heterocycles. The highest BCUT2D eigenvalue weighted by molar-refractivity contribution is 6.30. The van der Waals surface area contributed by atoms with Crippen LogP contribution in [0.3, 0.4) is 0 Å². The number of hydrogen-bond acceptors (Lipinski definition) is 4. The van der Waals surface area contributed by atoms with Crippen molar-refractivity contribution in [2.45, 2.75) is 37.8 Å². The zero-order valence-corrected chi connectivity index (χ0v) is 18.8. The Morgan fingerprint density at radius 2 is 1.77 bits per heavy atom. The first-order valence-electron chi connectivity index (χ1n) is 11.6. The molecule has 1 aliphatic carbocycles.